The molecule has 3 aromatic rings. The van der Waals surface area contributed by atoms with Crippen LogP contribution in [-0.2, 0) is 24.3 Å². The highest BCUT2D eigenvalue weighted by Gasteiger charge is 2.23. The zero-order valence-electron chi connectivity index (χ0n) is 23.0. The first-order valence-electron chi connectivity index (χ1n) is 13.4. The minimum absolute atomic E-state index is 0.0721. The fourth-order valence-electron chi connectivity index (χ4n) is 4.54. The number of ether oxygens (including phenoxy) is 1. The number of carboxylic acids is 1. The molecule has 3 rings (SSSR count). The fourth-order valence-corrected chi connectivity index (χ4v) is 4.86. The second-order valence-corrected chi connectivity index (χ2v) is 10.3. The minimum atomic E-state index is -1.07. The number of nitrogens with one attached hydrogen (secondary N) is 1. The summed E-state index contributed by atoms with van der Waals surface area (Å²) < 4.78 is 23.2. The van der Waals surface area contributed by atoms with E-state index >= 15 is 4.39 Å². The fraction of sp³-hybridized carbons (Fsp3) is 0.433. The molecule has 210 valence electrons. The van der Waals surface area contributed by atoms with Gasteiger partial charge in [-0.25, -0.2) is 9.18 Å². The average Bonchev–Trinajstić information content (AvgIpc) is 3.25. The highest BCUT2D eigenvalue weighted by molar-refractivity contribution is 7.80. The Bertz CT molecular complexity index is 1290. The summed E-state index contributed by atoms with van der Waals surface area (Å²) in [6.07, 6.45) is 2.14. The van der Waals surface area contributed by atoms with Gasteiger partial charge in [-0.05, 0) is 48.4 Å². The van der Waals surface area contributed by atoms with Gasteiger partial charge in [0, 0.05) is 17.2 Å². The van der Waals surface area contributed by atoms with Crippen LogP contribution in [0.4, 0.5) is 4.39 Å². The molecule has 0 unspecified atom stereocenters. The quantitative estimate of drug-likeness (QED) is 0.212. The molecule has 0 aliphatic heterocycles. The smallest absolute Gasteiger partial charge is 0.336 e. The van der Waals surface area contributed by atoms with Crippen molar-refractivity contribution in [3.63, 3.8) is 0 Å². The number of nitrogens with zero attached hydrogens (tertiary/aromatic N) is 2. The summed E-state index contributed by atoms with van der Waals surface area (Å²) in [6, 6.07) is 11.6. The highest BCUT2D eigenvalue weighted by atomic mass is 32.1. The second-order valence-electron chi connectivity index (χ2n) is 9.96. The standard InChI is InChI=1S/C30H38FN3O4S/c1-5-13-38-30-33-26(6-2)27(16-32-28(35)22(18-39)14-19(3)4)34(30)17-21-12-11-20(15-25(21)31)23-9-7-8-10-24(23)29(36)37/h7-12,15,19,22,39H,5-6,13-14,16-18H2,1-4H3,(H,32,35)(H,36,37)/t22-/m1/s1. The molecule has 1 aromatic heterocycles. The Hall–Kier alpha value is -3.33. The van der Waals surface area contributed by atoms with Crippen molar-refractivity contribution in [1.82, 2.24) is 14.9 Å². The van der Waals surface area contributed by atoms with E-state index in [1.165, 1.54) is 12.1 Å². The number of aryl methyl sites for hydroxylation is 1. The molecule has 7 nitrogen and oxygen atoms in total. The van der Waals surface area contributed by atoms with Crippen LogP contribution in [0.2, 0.25) is 0 Å². The van der Waals surface area contributed by atoms with Crippen LogP contribution in [0, 0.1) is 17.7 Å². The van der Waals surface area contributed by atoms with Crippen molar-refractivity contribution in [2.75, 3.05) is 12.4 Å². The Morgan fingerprint density at radius 3 is 2.54 bits per heavy atom. The Kier molecular flexibility index (Phi) is 11.0. The summed E-state index contributed by atoms with van der Waals surface area (Å²) in [7, 11) is 0. The van der Waals surface area contributed by atoms with Crippen LogP contribution >= 0.6 is 12.6 Å². The van der Waals surface area contributed by atoms with Crippen LogP contribution in [0.15, 0.2) is 42.5 Å². The largest absolute Gasteiger partial charge is 0.478 e. The van der Waals surface area contributed by atoms with Crippen LogP contribution in [0.5, 0.6) is 6.01 Å². The molecule has 0 bridgehead atoms. The maximum Gasteiger partial charge on any atom is 0.336 e. The average molecular weight is 556 g/mol. The van der Waals surface area contributed by atoms with E-state index in [0.717, 1.165) is 24.2 Å². The zero-order valence-corrected chi connectivity index (χ0v) is 23.9. The molecule has 9 heteroatoms. The number of imidazole rings is 1. The number of amides is 1. The second kappa shape index (κ2) is 14.2. The number of hydrogen-bond acceptors (Lipinski definition) is 5. The molecule has 1 heterocycles. The van der Waals surface area contributed by atoms with Crippen molar-refractivity contribution >= 4 is 24.5 Å². The molecule has 0 aliphatic carbocycles. The molecule has 0 saturated carbocycles. The first kappa shape index (κ1) is 30.2. The van der Waals surface area contributed by atoms with Crippen LogP contribution in [0.25, 0.3) is 11.1 Å². The zero-order chi connectivity index (χ0) is 28.5. The van der Waals surface area contributed by atoms with E-state index in [-0.39, 0.29) is 30.5 Å². The van der Waals surface area contributed by atoms with Gasteiger partial charge in [-0.2, -0.15) is 17.6 Å². The van der Waals surface area contributed by atoms with E-state index in [1.54, 1.807) is 30.3 Å². The lowest BCUT2D eigenvalue weighted by Gasteiger charge is -2.18. The number of hydrogen-bond donors (Lipinski definition) is 3. The predicted octanol–water partition coefficient (Wildman–Crippen LogP) is 6.00. The lowest BCUT2D eigenvalue weighted by molar-refractivity contribution is -0.125. The van der Waals surface area contributed by atoms with Crippen LogP contribution in [0.3, 0.4) is 0 Å². The number of carboxylic acid groups (broad SMARTS) is 1. The maximum atomic E-state index is 15.4. The monoisotopic (exact) mass is 555 g/mol. The Labute approximate surface area is 235 Å². The van der Waals surface area contributed by atoms with Crippen molar-refractivity contribution in [3.8, 4) is 17.1 Å². The van der Waals surface area contributed by atoms with Gasteiger partial charge in [-0.3, -0.25) is 9.36 Å². The predicted molar refractivity (Wildman–Crippen MR) is 154 cm³/mol. The van der Waals surface area contributed by atoms with E-state index < -0.39 is 11.8 Å². The van der Waals surface area contributed by atoms with Crippen molar-refractivity contribution in [2.45, 2.75) is 60.0 Å². The van der Waals surface area contributed by atoms with Gasteiger partial charge >= 0.3 is 5.97 Å². The molecule has 0 fully saturated rings. The van der Waals surface area contributed by atoms with Gasteiger partial charge in [-0.15, -0.1) is 0 Å². The van der Waals surface area contributed by atoms with E-state index in [0.29, 0.717) is 47.4 Å². The summed E-state index contributed by atoms with van der Waals surface area (Å²) in [6.45, 7) is 8.96. The van der Waals surface area contributed by atoms with Crippen LogP contribution in [0.1, 0.15) is 67.8 Å². The molecule has 0 aliphatic rings. The molecule has 1 amide bonds. The molecule has 39 heavy (non-hydrogen) atoms. The van der Waals surface area contributed by atoms with E-state index in [4.69, 9.17) is 4.74 Å². The molecular formula is C30H38FN3O4S. The molecule has 2 N–H and O–H groups in total. The first-order valence-corrected chi connectivity index (χ1v) is 14.0. The van der Waals surface area contributed by atoms with E-state index in [1.807, 2.05) is 18.4 Å². The third kappa shape index (κ3) is 7.62. The SMILES string of the molecule is CCCOc1nc(CC)c(CNC(=O)[C@@H](CS)CC(C)C)n1Cc1ccc(-c2ccccc2C(=O)O)cc1F. The number of aromatic nitrogens is 2. The van der Waals surface area contributed by atoms with Gasteiger partial charge in [0.25, 0.3) is 6.01 Å². The summed E-state index contributed by atoms with van der Waals surface area (Å²) >= 11 is 4.37. The van der Waals surface area contributed by atoms with E-state index in [2.05, 4.69) is 36.8 Å². The molecule has 0 saturated heterocycles. The lowest BCUT2D eigenvalue weighted by atomic mass is 9.98. The summed E-state index contributed by atoms with van der Waals surface area (Å²) in [4.78, 5) is 29.2. The van der Waals surface area contributed by atoms with Crippen molar-refractivity contribution < 1.29 is 23.8 Å². The lowest BCUT2D eigenvalue weighted by Crippen LogP contribution is -2.33. The number of thiol groups is 1. The van der Waals surface area contributed by atoms with Gasteiger partial charge in [-0.1, -0.05) is 58.0 Å². The van der Waals surface area contributed by atoms with Gasteiger partial charge in [0.05, 0.1) is 36.6 Å². The van der Waals surface area contributed by atoms with Crippen molar-refractivity contribution in [3.05, 3.63) is 70.8 Å². The third-order valence-electron chi connectivity index (χ3n) is 6.52. The normalized spacial score (nSPS) is 12.0. The summed E-state index contributed by atoms with van der Waals surface area (Å²) in [5.74, 6) is -0.993. The Balaban J connectivity index is 1.94. The minimum Gasteiger partial charge on any atom is -0.478 e. The topological polar surface area (TPSA) is 93.5 Å². The van der Waals surface area contributed by atoms with E-state index in [9.17, 15) is 14.7 Å². The van der Waals surface area contributed by atoms with Crippen molar-refractivity contribution in [1.29, 1.82) is 0 Å². The number of carbonyl (C=O) groups is 2. The van der Waals surface area contributed by atoms with Crippen LogP contribution < -0.4 is 10.1 Å². The first-order chi connectivity index (χ1) is 18.7. The number of benzene rings is 2. The Morgan fingerprint density at radius 1 is 1.18 bits per heavy atom. The Morgan fingerprint density at radius 2 is 1.92 bits per heavy atom. The van der Waals surface area contributed by atoms with Gasteiger partial charge in [0.15, 0.2) is 0 Å². The summed E-state index contributed by atoms with van der Waals surface area (Å²) in [5.41, 5.74) is 2.97. The van der Waals surface area contributed by atoms with Gasteiger partial charge in [0.2, 0.25) is 5.91 Å². The molecule has 0 radical (unpaired) electrons. The summed E-state index contributed by atoms with van der Waals surface area (Å²) in [5, 5.41) is 12.6. The molecule has 0 spiro atoms. The third-order valence-corrected chi connectivity index (χ3v) is 6.96. The maximum absolute atomic E-state index is 15.4. The highest BCUT2D eigenvalue weighted by Crippen LogP contribution is 2.28. The number of rotatable bonds is 14. The van der Waals surface area contributed by atoms with Crippen LogP contribution in [-0.4, -0.2) is 38.9 Å². The molecule has 1 atom stereocenters. The number of halogens is 1. The number of carbonyl (C=O) groups excluding carboxylic acids is 1. The van der Waals surface area contributed by atoms with Gasteiger partial charge in [0.1, 0.15) is 5.82 Å². The van der Waals surface area contributed by atoms with Gasteiger partial charge < -0.3 is 15.2 Å². The van der Waals surface area contributed by atoms with Crippen molar-refractivity contribution in [2.24, 2.45) is 11.8 Å². The molecule has 2 aromatic carbocycles. The molecular weight excluding hydrogens is 517 g/mol. The number of aromatic carboxylic acids is 1.